The highest BCUT2D eigenvalue weighted by Gasteiger charge is 2.38. The summed E-state index contributed by atoms with van der Waals surface area (Å²) in [5.74, 6) is -1.86. The van der Waals surface area contributed by atoms with Crippen molar-refractivity contribution in [2.24, 2.45) is 0 Å². The molecule has 2 atom stereocenters. The number of benzene rings is 2. The Kier molecular flexibility index (Phi) is 10.5. The lowest BCUT2D eigenvalue weighted by atomic mass is 9.95. The van der Waals surface area contributed by atoms with Crippen LogP contribution in [0.4, 0.5) is 29.1 Å². The van der Waals surface area contributed by atoms with Gasteiger partial charge in [-0.2, -0.15) is 18.3 Å². The number of β-amino-alcohol motifs (C(OH)–C–C–N with tert-alkyl or cyclic N) is 2. The van der Waals surface area contributed by atoms with Gasteiger partial charge in [-0.3, -0.25) is 9.58 Å². The molecule has 264 valence electrons. The number of anilines is 2. The van der Waals surface area contributed by atoms with Crippen molar-refractivity contribution in [1.29, 1.82) is 0 Å². The van der Waals surface area contributed by atoms with Gasteiger partial charge in [0, 0.05) is 42.0 Å². The molecule has 1 saturated heterocycles. The fourth-order valence-corrected chi connectivity index (χ4v) is 7.34. The number of aromatic nitrogens is 4. The summed E-state index contributed by atoms with van der Waals surface area (Å²) >= 11 is 8.16. The van der Waals surface area contributed by atoms with E-state index < -0.39 is 18.2 Å². The number of aryl methyl sites for hydroxylation is 2. The summed E-state index contributed by atoms with van der Waals surface area (Å²) in [6, 6.07) is 11.7. The first-order valence-corrected chi connectivity index (χ1v) is 16.7. The van der Waals surface area contributed by atoms with Crippen LogP contribution in [0.2, 0.25) is 5.02 Å². The minimum absolute atomic E-state index is 0.206. The molecule has 5 aromatic rings. The average Bonchev–Trinajstić information content (AvgIpc) is 3.76. The van der Waals surface area contributed by atoms with Crippen molar-refractivity contribution in [2.45, 2.75) is 50.8 Å². The SMILES string of the molecule is O=C(O)C(F)(F)F.O[C@H](CN1CC[C@H](O)C1)Cn1cc2c(n1)CCc1c-2sc2ncnc(Nc3ccc(OCc4cccc(F)c4)c(Cl)c3)c12. The molecular formula is C33H31ClF4N6O5S. The van der Waals surface area contributed by atoms with Crippen LogP contribution < -0.4 is 10.1 Å². The number of nitrogens with zero attached hydrogens (tertiary/aromatic N) is 5. The molecule has 0 spiro atoms. The number of carbonyl (C=O) groups is 1. The van der Waals surface area contributed by atoms with E-state index in [-0.39, 0.29) is 18.5 Å². The molecule has 4 heterocycles. The highest BCUT2D eigenvalue weighted by atomic mass is 35.5. The standard InChI is InChI=1S/C31H30ClFN6O3S.C2HF3O2/c32-25-11-20(4-7-27(25)42-16-18-2-1-3-19(33)10-18)36-30-28-23-5-6-26-24(29(23)43-31(28)35-17-34-30)15-39(37-26)14-22(41)13-38-9-8-21(40)12-38;3-2(4,5)1(6)7/h1-4,7,10-11,15,17,21-22,40-41H,5-6,8-9,12-14,16H2,(H,34,35,36);(H,6,7)/t21-,22+;/m0./s1. The van der Waals surface area contributed by atoms with Gasteiger partial charge in [0.1, 0.15) is 35.1 Å². The number of thiophene rings is 1. The van der Waals surface area contributed by atoms with Crippen molar-refractivity contribution in [3.8, 4) is 16.2 Å². The third-order valence-corrected chi connectivity index (χ3v) is 9.59. The third-order valence-electron chi connectivity index (χ3n) is 8.12. The number of nitrogens with one attached hydrogen (secondary N) is 1. The summed E-state index contributed by atoms with van der Waals surface area (Å²) in [5.41, 5.74) is 4.75. The molecule has 0 bridgehead atoms. The van der Waals surface area contributed by atoms with E-state index in [0.717, 1.165) is 63.4 Å². The maximum absolute atomic E-state index is 13.5. The third kappa shape index (κ3) is 8.33. The number of carboxylic acids is 1. The zero-order valence-corrected chi connectivity index (χ0v) is 27.8. The molecule has 11 nitrogen and oxygen atoms in total. The monoisotopic (exact) mass is 734 g/mol. The van der Waals surface area contributed by atoms with Gasteiger partial charge in [-0.1, -0.05) is 23.7 Å². The van der Waals surface area contributed by atoms with Crippen molar-refractivity contribution >= 4 is 50.6 Å². The van der Waals surface area contributed by atoms with Crippen molar-refractivity contribution in [2.75, 3.05) is 25.0 Å². The van der Waals surface area contributed by atoms with E-state index in [1.165, 1.54) is 17.7 Å². The number of halogens is 5. The Morgan fingerprint density at radius 1 is 1.16 bits per heavy atom. The molecule has 4 N–H and O–H groups in total. The molecule has 2 aliphatic rings. The van der Waals surface area contributed by atoms with E-state index in [9.17, 15) is 27.8 Å². The van der Waals surface area contributed by atoms with Gasteiger partial charge in [-0.05, 0) is 60.7 Å². The first-order chi connectivity index (χ1) is 23.8. The second-order valence-corrected chi connectivity index (χ2v) is 13.3. The van der Waals surface area contributed by atoms with Crippen LogP contribution in [0.5, 0.6) is 5.75 Å². The van der Waals surface area contributed by atoms with Crippen molar-refractivity contribution < 1.29 is 42.4 Å². The number of carboxylic acid groups (broad SMARTS) is 1. The second kappa shape index (κ2) is 14.9. The average molecular weight is 735 g/mol. The minimum atomic E-state index is -5.08. The van der Waals surface area contributed by atoms with Gasteiger partial charge in [0.2, 0.25) is 0 Å². The summed E-state index contributed by atoms with van der Waals surface area (Å²) < 4.78 is 52.9. The van der Waals surface area contributed by atoms with Crippen LogP contribution in [-0.4, -0.2) is 84.0 Å². The lowest BCUT2D eigenvalue weighted by Gasteiger charge is -2.19. The zero-order chi connectivity index (χ0) is 35.6. The number of aliphatic hydroxyl groups is 2. The Hall–Kier alpha value is -4.35. The lowest BCUT2D eigenvalue weighted by Crippen LogP contribution is -2.34. The number of aliphatic carboxylic acids is 1. The molecule has 1 aliphatic heterocycles. The van der Waals surface area contributed by atoms with Crippen molar-refractivity contribution in [3.05, 3.63) is 82.6 Å². The van der Waals surface area contributed by atoms with Gasteiger partial charge in [0.05, 0.1) is 34.9 Å². The molecule has 7 rings (SSSR count). The molecule has 17 heteroatoms. The van der Waals surface area contributed by atoms with Crippen LogP contribution in [0.15, 0.2) is 55.0 Å². The predicted octanol–water partition coefficient (Wildman–Crippen LogP) is 5.83. The van der Waals surface area contributed by atoms with Gasteiger partial charge in [0.15, 0.2) is 0 Å². The fourth-order valence-electron chi connectivity index (χ4n) is 5.88. The normalized spacial score (nSPS) is 16.3. The van der Waals surface area contributed by atoms with E-state index in [1.54, 1.807) is 41.9 Å². The number of rotatable bonds is 9. The summed E-state index contributed by atoms with van der Waals surface area (Å²) in [7, 11) is 0. The first kappa shape index (κ1) is 35.5. The molecule has 0 amide bonds. The molecule has 3 aromatic heterocycles. The molecule has 0 saturated carbocycles. The van der Waals surface area contributed by atoms with Crippen LogP contribution in [0.3, 0.4) is 0 Å². The maximum atomic E-state index is 13.5. The molecule has 0 radical (unpaired) electrons. The van der Waals surface area contributed by atoms with Gasteiger partial charge in [0.25, 0.3) is 0 Å². The number of fused-ring (bicyclic) bond motifs is 5. The van der Waals surface area contributed by atoms with Crippen LogP contribution >= 0.6 is 22.9 Å². The summed E-state index contributed by atoms with van der Waals surface area (Å²) in [4.78, 5) is 22.1. The highest BCUT2D eigenvalue weighted by Crippen LogP contribution is 2.45. The number of hydrogen-bond donors (Lipinski definition) is 4. The molecule has 0 unspecified atom stereocenters. The van der Waals surface area contributed by atoms with Crippen molar-refractivity contribution in [3.63, 3.8) is 0 Å². The second-order valence-electron chi connectivity index (χ2n) is 11.9. The maximum Gasteiger partial charge on any atom is 0.490 e. The Bertz CT molecular complexity index is 2010. The highest BCUT2D eigenvalue weighted by molar-refractivity contribution is 7.22. The lowest BCUT2D eigenvalue weighted by molar-refractivity contribution is -0.192. The molecule has 2 aromatic carbocycles. The van der Waals surface area contributed by atoms with E-state index >= 15 is 0 Å². The Morgan fingerprint density at radius 2 is 1.96 bits per heavy atom. The molecule has 1 fully saturated rings. The number of ether oxygens (including phenoxy) is 1. The number of alkyl halides is 3. The number of aliphatic hydroxyl groups excluding tert-OH is 2. The van der Waals surface area contributed by atoms with Gasteiger partial charge in [-0.15, -0.1) is 11.3 Å². The fraction of sp³-hybridized carbons (Fsp3) is 0.333. The molecular weight excluding hydrogens is 704 g/mol. The summed E-state index contributed by atoms with van der Waals surface area (Å²) in [6.45, 7) is 2.53. The molecule has 50 heavy (non-hydrogen) atoms. The van der Waals surface area contributed by atoms with E-state index in [2.05, 4.69) is 20.2 Å². The minimum Gasteiger partial charge on any atom is -0.487 e. The Morgan fingerprint density at radius 3 is 2.66 bits per heavy atom. The summed E-state index contributed by atoms with van der Waals surface area (Å²) in [5, 5.41) is 37.2. The Labute approximate surface area is 291 Å². The van der Waals surface area contributed by atoms with Crippen molar-refractivity contribution in [1.82, 2.24) is 24.6 Å². The van der Waals surface area contributed by atoms with Gasteiger partial charge < -0.3 is 25.4 Å². The van der Waals surface area contributed by atoms with Crippen LogP contribution in [-0.2, 0) is 30.8 Å². The van der Waals surface area contributed by atoms with E-state index in [1.807, 2.05) is 16.9 Å². The van der Waals surface area contributed by atoms with Crippen LogP contribution in [0, 0.1) is 5.82 Å². The summed E-state index contributed by atoms with van der Waals surface area (Å²) in [6.07, 6.45) is -0.0335. The zero-order valence-electron chi connectivity index (χ0n) is 26.2. The van der Waals surface area contributed by atoms with Gasteiger partial charge in [-0.25, -0.2) is 19.2 Å². The topological polar surface area (TPSA) is 146 Å². The first-order valence-electron chi connectivity index (χ1n) is 15.5. The quantitative estimate of drug-likeness (QED) is 0.137. The van der Waals surface area contributed by atoms with Crippen LogP contribution in [0.1, 0.15) is 23.2 Å². The van der Waals surface area contributed by atoms with Crippen LogP contribution in [0.25, 0.3) is 20.7 Å². The van der Waals surface area contributed by atoms with E-state index in [0.29, 0.717) is 36.2 Å². The largest absolute Gasteiger partial charge is 0.490 e. The number of likely N-dealkylation sites (tertiary alicyclic amines) is 1. The molecule has 1 aliphatic carbocycles. The number of hydrogen-bond acceptors (Lipinski definition) is 10. The Balaban J connectivity index is 0.000000561. The van der Waals surface area contributed by atoms with Gasteiger partial charge >= 0.3 is 12.1 Å². The smallest absolute Gasteiger partial charge is 0.487 e. The van der Waals surface area contributed by atoms with E-state index in [4.69, 9.17) is 31.3 Å². The predicted molar refractivity (Wildman–Crippen MR) is 178 cm³/mol.